The lowest BCUT2D eigenvalue weighted by molar-refractivity contribution is -0.116. The Hall–Kier alpha value is -1.91. The Morgan fingerprint density at radius 3 is 2.56 bits per heavy atom. The van der Waals surface area contributed by atoms with Crippen LogP contribution in [0.5, 0.6) is 0 Å². The third-order valence-corrected chi connectivity index (χ3v) is 1.87. The summed E-state index contributed by atoms with van der Waals surface area (Å²) in [5, 5.41) is 11.2. The molecule has 0 bridgehead atoms. The summed E-state index contributed by atoms with van der Waals surface area (Å²) in [5.74, 6) is -0.507. The van der Waals surface area contributed by atoms with Gasteiger partial charge < -0.3 is 10.4 Å². The van der Waals surface area contributed by atoms with Gasteiger partial charge in [-0.2, -0.15) is 0 Å². The minimum atomic E-state index is -1.03. The molecule has 0 aromatic carbocycles. The van der Waals surface area contributed by atoms with Gasteiger partial charge in [-0.25, -0.2) is 9.78 Å². The fourth-order valence-corrected chi connectivity index (χ4v) is 1.16. The van der Waals surface area contributed by atoms with E-state index >= 15 is 0 Å². The lowest BCUT2D eigenvalue weighted by atomic mass is 10.1. The highest BCUT2D eigenvalue weighted by Gasteiger charge is 2.07. The lowest BCUT2D eigenvalue weighted by Gasteiger charge is -2.06. The first-order valence-electron chi connectivity index (χ1n) is 4.98. The van der Waals surface area contributed by atoms with Crippen LogP contribution in [0.4, 0.5) is 5.82 Å². The van der Waals surface area contributed by atoms with Crippen LogP contribution in [-0.2, 0) is 4.79 Å². The van der Waals surface area contributed by atoms with Gasteiger partial charge in [0.2, 0.25) is 5.91 Å². The Balaban J connectivity index is 2.62. The molecule has 16 heavy (non-hydrogen) atoms. The first kappa shape index (κ1) is 12.2. The Morgan fingerprint density at radius 1 is 1.44 bits per heavy atom. The molecule has 1 amide bonds. The van der Waals surface area contributed by atoms with Crippen molar-refractivity contribution in [2.45, 2.75) is 20.3 Å². The Bertz CT molecular complexity index is 385. The smallest absolute Gasteiger partial charge is 0.337 e. The summed E-state index contributed by atoms with van der Waals surface area (Å²) in [6.45, 7) is 3.89. The van der Waals surface area contributed by atoms with E-state index in [1.54, 1.807) is 0 Å². The number of nitrogens with one attached hydrogen (secondary N) is 1. The molecule has 1 aromatic rings. The summed E-state index contributed by atoms with van der Waals surface area (Å²) < 4.78 is 0. The average molecular weight is 222 g/mol. The lowest BCUT2D eigenvalue weighted by Crippen LogP contribution is -2.14. The van der Waals surface area contributed by atoms with Gasteiger partial charge in [-0.15, -0.1) is 0 Å². The van der Waals surface area contributed by atoms with Gasteiger partial charge in [0, 0.05) is 12.6 Å². The van der Waals surface area contributed by atoms with Crippen LogP contribution in [0.3, 0.4) is 0 Å². The van der Waals surface area contributed by atoms with Crippen molar-refractivity contribution in [3.63, 3.8) is 0 Å². The number of nitrogens with zero attached hydrogens (tertiary/aromatic N) is 1. The number of carbonyl (C=O) groups excluding carboxylic acids is 1. The van der Waals surface area contributed by atoms with E-state index in [1.165, 1.54) is 18.3 Å². The van der Waals surface area contributed by atoms with Crippen molar-refractivity contribution in [2.75, 3.05) is 5.32 Å². The standard InChI is InChI=1S/C11H14N2O3/c1-7(2)5-10(14)13-9-4-3-8(6-12-9)11(15)16/h3-4,6-7H,5H2,1-2H3,(H,15,16)(H,12,13,14). The van der Waals surface area contributed by atoms with Gasteiger partial charge in [0.25, 0.3) is 0 Å². The minimum Gasteiger partial charge on any atom is -0.478 e. The van der Waals surface area contributed by atoms with E-state index in [4.69, 9.17) is 5.11 Å². The zero-order valence-electron chi connectivity index (χ0n) is 9.23. The molecule has 0 spiro atoms. The first-order valence-corrected chi connectivity index (χ1v) is 4.98. The van der Waals surface area contributed by atoms with E-state index < -0.39 is 5.97 Å². The van der Waals surface area contributed by atoms with E-state index in [9.17, 15) is 9.59 Å². The average Bonchev–Trinajstić information content (AvgIpc) is 2.16. The molecule has 2 N–H and O–H groups in total. The van der Waals surface area contributed by atoms with Crippen LogP contribution in [0.25, 0.3) is 0 Å². The number of carboxylic acids is 1. The van der Waals surface area contributed by atoms with Gasteiger partial charge >= 0.3 is 5.97 Å². The van der Waals surface area contributed by atoms with Gasteiger partial charge in [-0.1, -0.05) is 13.8 Å². The van der Waals surface area contributed by atoms with Crippen LogP contribution in [0.15, 0.2) is 18.3 Å². The maximum Gasteiger partial charge on any atom is 0.337 e. The zero-order chi connectivity index (χ0) is 12.1. The fourth-order valence-electron chi connectivity index (χ4n) is 1.16. The van der Waals surface area contributed by atoms with Gasteiger partial charge in [0.1, 0.15) is 5.82 Å². The maximum atomic E-state index is 11.4. The van der Waals surface area contributed by atoms with Crippen LogP contribution in [0, 0.1) is 5.92 Å². The van der Waals surface area contributed by atoms with Crippen molar-refractivity contribution in [2.24, 2.45) is 5.92 Å². The SMILES string of the molecule is CC(C)CC(=O)Nc1ccc(C(=O)O)cn1. The van der Waals surface area contributed by atoms with Crippen LogP contribution < -0.4 is 5.32 Å². The van der Waals surface area contributed by atoms with Crippen LogP contribution >= 0.6 is 0 Å². The molecule has 0 radical (unpaired) electrons. The number of rotatable bonds is 4. The van der Waals surface area contributed by atoms with Gasteiger partial charge in [-0.3, -0.25) is 4.79 Å². The largest absolute Gasteiger partial charge is 0.478 e. The summed E-state index contributed by atoms with van der Waals surface area (Å²) in [4.78, 5) is 25.8. The van der Waals surface area contributed by atoms with Crippen LogP contribution in [0.1, 0.15) is 30.6 Å². The molecular formula is C11H14N2O3. The number of hydrogen-bond donors (Lipinski definition) is 2. The normalized spacial score (nSPS) is 10.2. The molecule has 1 heterocycles. The predicted octanol–water partition coefficient (Wildman–Crippen LogP) is 1.76. The van der Waals surface area contributed by atoms with E-state index in [0.29, 0.717) is 12.2 Å². The molecule has 0 aliphatic heterocycles. The second-order valence-corrected chi connectivity index (χ2v) is 3.88. The molecule has 0 saturated heterocycles. The Kier molecular flexibility index (Phi) is 3.99. The van der Waals surface area contributed by atoms with Crippen molar-refractivity contribution in [3.8, 4) is 0 Å². The number of aromatic nitrogens is 1. The minimum absolute atomic E-state index is 0.0989. The Morgan fingerprint density at radius 2 is 2.12 bits per heavy atom. The molecule has 0 aliphatic rings. The molecule has 5 heteroatoms. The van der Waals surface area contributed by atoms with Crippen molar-refractivity contribution < 1.29 is 14.7 Å². The highest BCUT2D eigenvalue weighted by atomic mass is 16.4. The van der Waals surface area contributed by atoms with Crippen molar-refractivity contribution in [1.82, 2.24) is 4.98 Å². The maximum absolute atomic E-state index is 11.4. The molecule has 0 saturated carbocycles. The molecule has 0 unspecified atom stereocenters. The Labute approximate surface area is 93.5 Å². The van der Waals surface area contributed by atoms with E-state index in [1.807, 2.05) is 13.8 Å². The number of carboxylic acid groups (broad SMARTS) is 1. The molecule has 1 aromatic heterocycles. The summed E-state index contributed by atoms with van der Waals surface area (Å²) in [7, 11) is 0. The number of hydrogen-bond acceptors (Lipinski definition) is 3. The third-order valence-electron chi connectivity index (χ3n) is 1.87. The van der Waals surface area contributed by atoms with Crippen molar-refractivity contribution in [1.29, 1.82) is 0 Å². The predicted molar refractivity (Wildman–Crippen MR) is 59.3 cm³/mol. The van der Waals surface area contributed by atoms with Crippen LogP contribution in [-0.4, -0.2) is 22.0 Å². The molecule has 86 valence electrons. The summed E-state index contributed by atoms with van der Waals surface area (Å²) in [6.07, 6.45) is 1.63. The summed E-state index contributed by atoms with van der Waals surface area (Å²) in [6, 6.07) is 2.88. The highest BCUT2D eigenvalue weighted by molar-refractivity contribution is 5.91. The number of carbonyl (C=O) groups is 2. The monoisotopic (exact) mass is 222 g/mol. The highest BCUT2D eigenvalue weighted by Crippen LogP contribution is 2.07. The molecule has 5 nitrogen and oxygen atoms in total. The molecule has 0 aliphatic carbocycles. The molecule has 0 fully saturated rings. The van der Waals surface area contributed by atoms with Gasteiger partial charge in [-0.05, 0) is 18.1 Å². The second-order valence-electron chi connectivity index (χ2n) is 3.88. The van der Waals surface area contributed by atoms with E-state index in [2.05, 4.69) is 10.3 Å². The number of amides is 1. The quantitative estimate of drug-likeness (QED) is 0.813. The number of anilines is 1. The topological polar surface area (TPSA) is 79.3 Å². The van der Waals surface area contributed by atoms with Gasteiger partial charge in [0.15, 0.2) is 0 Å². The van der Waals surface area contributed by atoms with Crippen LogP contribution in [0.2, 0.25) is 0 Å². The first-order chi connectivity index (χ1) is 7.49. The number of pyridine rings is 1. The third kappa shape index (κ3) is 3.68. The zero-order valence-corrected chi connectivity index (χ0v) is 9.23. The summed E-state index contributed by atoms with van der Waals surface area (Å²) >= 11 is 0. The summed E-state index contributed by atoms with van der Waals surface area (Å²) in [5.41, 5.74) is 0.0989. The fraction of sp³-hybridized carbons (Fsp3) is 0.364. The van der Waals surface area contributed by atoms with Crippen molar-refractivity contribution in [3.05, 3.63) is 23.9 Å². The molecular weight excluding hydrogens is 208 g/mol. The number of aromatic carboxylic acids is 1. The molecule has 1 rings (SSSR count). The van der Waals surface area contributed by atoms with Crippen molar-refractivity contribution >= 4 is 17.7 Å². The van der Waals surface area contributed by atoms with E-state index in [0.717, 1.165) is 0 Å². The second kappa shape index (κ2) is 5.25. The van der Waals surface area contributed by atoms with Gasteiger partial charge in [0.05, 0.1) is 5.56 Å². The molecule has 0 atom stereocenters. The van der Waals surface area contributed by atoms with E-state index in [-0.39, 0.29) is 17.4 Å².